The minimum atomic E-state index is -1.02. The minimum Gasteiger partial charge on any atom is -0.493 e. The quantitative estimate of drug-likeness (QED) is 0.869. The van der Waals surface area contributed by atoms with Gasteiger partial charge in [0.25, 0.3) is 0 Å². The first-order valence-electron chi connectivity index (χ1n) is 8.54. The second-order valence-corrected chi connectivity index (χ2v) is 6.53. The molecule has 0 saturated heterocycles. The Hall–Kier alpha value is -2.76. The van der Waals surface area contributed by atoms with Crippen LogP contribution >= 0.6 is 0 Å². The van der Waals surface area contributed by atoms with Gasteiger partial charge >= 0.3 is 6.09 Å². The fourth-order valence-corrected chi connectivity index (χ4v) is 2.99. The van der Waals surface area contributed by atoms with E-state index in [9.17, 15) is 4.79 Å². The van der Waals surface area contributed by atoms with E-state index in [4.69, 9.17) is 14.6 Å². The first-order chi connectivity index (χ1) is 12.2. The lowest BCUT2D eigenvalue weighted by atomic mass is 9.97. The first kappa shape index (κ1) is 15.7. The molecule has 6 nitrogen and oxygen atoms in total. The van der Waals surface area contributed by atoms with E-state index in [2.05, 4.69) is 10.3 Å². The lowest BCUT2D eigenvalue weighted by molar-refractivity contribution is 0.182. The number of amides is 1. The van der Waals surface area contributed by atoms with Gasteiger partial charge in [-0.05, 0) is 36.5 Å². The van der Waals surface area contributed by atoms with Crippen molar-refractivity contribution in [3.63, 3.8) is 0 Å². The van der Waals surface area contributed by atoms with Crippen LogP contribution < -0.4 is 14.8 Å². The fraction of sp³-hybridized carbons (Fsp3) is 0.368. The van der Waals surface area contributed by atoms with E-state index in [0.717, 1.165) is 29.0 Å². The highest BCUT2D eigenvalue weighted by Crippen LogP contribution is 2.35. The number of pyridine rings is 1. The summed E-state index contributed by atoms with van der Waals surface area (Å²) in [5.41, 5.74) is 2.82. The summed E-state index contributed by atoms with van der Waals surface area (Å²) < 4.78 is 11.4. The molecular weight excluding hydrogens is 320 g/mol. The van der Waals surface area contributed by atoms with Gasteiger partial charge in [-0.2, -0.15) is 0 Å². The maximum atomic E-state index is 10.9. The Bertz CT molecular complexity index is 771. The van der Waals surface area contributed by atoms with Crippen LogP contribution in [0.5, 0.6) is 11.6 Å². The van der Waals surface area contributed by atoms with Crippen molar-refractivity contribution in [3.8, 4) is 22.8 Å². The Balaban J connectivity index is 1.51. The van der Waals surface area contributed by atoms with Crippen LogP contribution in [-0.4, -0.2) is 29.4 Å². The molecule has 0 bridgehead atoms. The summed E-state index contributed by atoms with van der Waals surface area (Å²) >= 11 is 0. The van der Waals surface area contributed by atoms with E-state index in [1.807, 2.05) is 30.3 Å². The van der Waals surface area contributed by atoms with Gasteiger partial charge < -0.3 is 19.9 Å². The van der Waals surface area contributed by atoms with Gasteiger partial charge in [0.15, 0.2) is 0 Å². The largest absolute Gasteiger partial charge is 0.493 e. The van der Waals surface area contributed by atoms with Gasteiger partial charge in [0.05, 0.1) is 19.3 Å². The third-order valence-corrected chi connectivity index (χ3v) is 4.58. The van der Waals surface area contributed by atoms with Crippen molar-refractivity contribution < 1.29 is 19.4 Å². The molecule has 1 aromatic heterocycles. The van der Waals surface area contributed by atoms with Gasteiger partial charge in [0.2, 0.25) is 5.88 Å². The first-order valence-corrected chi connectivity index (χ1v) is 8.54. The Morgan fingerprint density at radius 3 is 2.80 bits per heavy atom. The minimum absolute atomic E-state index is 0.230. The topological polar surface area (TPSA) is 80.7 Å². The maximum absolute atomic E-state index is 10.9. The van der Waals surface area contributed by atoms with Crippen molar-refractivity contribution in [2.45, 2.75) is 25.3 Å². The van der Waals surface area contributed by atoms with Crippen LogP contribution in [0.4, 0.5) is 4.79 Å². The van der Waals surface area contributed by atoms with Crippen LogP contribution in [-0.2, 0) is 0 Å². The van der Waals surface area contributed by atoms with Gasteiger partial charge in [-0.1, -0.05) is 12.1 Å². The van der Waals surface area contributed by atoms with Crippen molar-refractivity contribution in [1.29, 1.82) is 0 Å². The molecule has 1 fully saturated rings. The van der Waals surface area contributed by atoms with E-state index in [1.54, 1.807) is 6.20 Å². The van der Waals surface area contributed by atoms with Gasteiger partial charge in [0, 0.05) is 29.8 Å². The second kappa shape index (κ2) is 6.63. The SMILES string of the molecule is O=C(O)NC1CCOc2cc(-c3ccc(OCC4CC4)nc3)ccc21. The van der Waals surface area contributed by atoms with Crippen molar-refractivity contribution in [1.82, 2.24) is 10.3 Å². The standard InChI is InChI=1S/C19H20N2O4/c22-19(23)21-16-7-8-24-17-9-13(3-5-15(16)17)14-4-6-18(20-10-14)25-11-12-1-2-12/h3-6,9-10,12,16,21H,1-2,7-8,11H2,(H,22,23). The predicted molar refractivity (Wildman–Crippen MR) is 91.9 cm³/mol. The highest BCUT2D eigenvalue weighted by atomic mass is 16.5. The normalized spacial score (nSPS) is 18.8. The summed E-state index contributed by atoms with van der Waals surface area (Å²) in [7, 11) is 0. The Labute approximate surface area is 145 Å². The van der Waals surface area contributed by atoms with Crippen LogP contribution in [0.2, 0.25) is 0 Å². The molecule has 2 aliphatic rings. The van der Waals surface area contributed by atoms with E-state index < -0.39 is 6.09 Å². The number of rotatable bonds is 5. The molecule has 25 heavy (non-hydrogen) atoms. The van der Waals surface area contributed by atoms with Gasteiger partial charge in [-0.15, -0.1) is 0 Å². The number of fused-ring (bicyclic) bond motifs is 1. The monoisotopic (exact) mass is 340 g/mol. The molecule has 1 atom stereocenters. The molecule has 1 saturated carbocycles. The van der Waals surface area contributed by atoms with Crippen LogP contribution in [0.25, 0.3) is 11.1 Å². The number of ether oxygens (including phenoxy) is 2. The molecule has 1 amide bonds. The van der Waals surface area contributed by atoms with E-state index in [1.165, 1.54) is 12.8 Å². The lowest BCUT2D eigenvalue weighted by Crippen LogP contribution is -2.30. The molecule has 4 rings (SSSR count). The number of hydrogen-bond donors (Lipinski definition) is 2. The smallest absolute Gasteiger partial charge is 0.405 e. The average Bonchev–Trinajstić information content (AvgIpc) is 3.44. The number of carbonyl (C=O) groups is 1. The summed E-state index contributed by atoms with van der Waals surface area (Å²) in [5.74, 6) is 2.07. The Kier molecular flexibility index (Phi) is 4.17. The van der Waals surface area contributed by atoms with Crippen LogP contribution in [0.1, 0.15) is 30.9 Å². The number of nitrogens with zero attached hydrogens (tertiary/aromatic N) is 1. The summed E-state index contributed by atoms with van der Waals surface area (Å²) in [6.07, 6.45) is 3.91. The number of aromatic nitrogens is 1. The fourth-order valence-electron chi connectivity index (χ4n) is 2.99. The zero-order chi connectivity index (χ0) is 17.2. The van der Waals surface area contributed by atoms with E-state index in [0.29, 0.717) is 24.8 Å². The molecule has 0 radical (unpaired) electrons. The summed E-state index contributed by atoms with van der Waals surface area (Å²) in [5, 5.41) is 11.5. The van der Waals surface area contributed by atoms with Gasteiger partial charge in [-0.3, -0.25) is 0 Å². The molecule has 1 unspecified atom stereocenters. The Morgan fingerprint density at radius 1 is 1.24 bits per heavy atom. The van der Waals surface area contributed by atoms with E-state index in [-0.39, 0.29) is 6.04 Å². The number of benzene rings is 1. The molecule has 1 aliphatic heterocycles. The lowest BCUT2D eigenvalue weighted by Gasteiger charge is -2.26. The maximum Gasteiger partial charge on any atom is 0.405 e. The molecular formula is C19H20N2O4. The summed E-state index contributed by atoms with van der Waals surface area (Å²) in [6.45, 7) is 1.24. The third-order valence-electron chi connectivity index (χ3n) is 4.58. The molecule has 2 aromatic rings. The molecule has 2 heterocycles. The zero-order valence-electron chi connectivity index (χ0n) is 13.8. The van der Waals surface area contributed by atoms with Crippen molar-refractivity contribution in [2.75, 3.05) is 13.2 Å². The summed E-state index contributed by atoms with van der Waals surface area (Å²) in [6, 6.07) is 9.45. The molecule has 130 valence electrons. The number of nitrogens with one attached hydrogen (secondary N) is 1. The molecule has 6 heteroatoms. The average molecular weight is 340 g/mol. The van der Waals surface area contributed by atoms with Crippen molar-refractivity contribution in [3.05, 3.63) is 42.1 Å². The molecule has 1 aliphatic carbocycles. The molecule has 1 aromatic carbocycles. The predicted octanol–water partition coefficient (Wildman–Crippen LogP) is 3.63. The second-order valence-electron chi connectivity index (χ2n) is 6.53. The highest BCUT2D eigenvalue weighted by molar-refractivity contribution is 5.68. The molecule has 2 N–H and O–H groups in total. The van der Waals surface area contributed by atoms with Crippen LogP contribution in [0.3, 0.4) is 0 Å². The third kappa shape index (κ3) is 3.68. The Morgan fingerprint density at radius 2 is 2.08 bits per heavy atom. The number of hydrogen-bond acceptors (Lipinski definition) is 4. The van der Waals surface area contributed by atoms with Crippen molar-refractivity contribution in [2.24, 2.45) is 5.92 Å². The van der Waals surface area contributed by atoms with Crippen LogP contribution in [0, 0.1) is 5.92 Å². The number of carboxylic acid groups (broad SMARTS) is 1. The van der Waals surface area contributed by atoms with Crippen molar-refractivity contribution >= 4 is 6.09 Å². The molecule has 0 spiro atoms. The highest BCUT2D eigenvalue weighted by Gasteiger charge is 2.24. The van der Waals surface area contributed by atoms with Gasteiger partial charge in [-0.25, -0.2) is 9.78 Å². The van der Waals surface area contributed by atoms with Crippen LogP contribution in [0.15, 0.2) is 36.5 Å². The van der Waals surface area contributed by atoms with Gasteiger partial charge in [0.1, 0.15) is 5.75 Å². The zero-order valence-corrected chi connectivity index (χ0v) is 13.8. The summed E-state index contributed by atoms with van der Waals surface area (Å²) in [4.78, 5) is 15.3. The van der Waals surface area contributed by atoms with E-state index >= 15 is 0 Å².